The summed E-state index contributed by atoms with van der Waals surface area (Å²) >= 11 is 1.12. The number of carbonyl (C=O) groups is 4. The second-order valence-corrected chi connectivity index (χ2v) is 13.0. The molecule has 0 saturated heterocycles. The Morgan fingerprint density at radius 3 is 2.28 bits per heavy atom. The number of carbonyl (C=O) groups excluding carboxylic acids is 4. The van der Waals surface area contributed by atoms with Gasteiger partial charge in [-0.05, 0) is 31.1 Å². The summed E-state index contributed by atoms with van der Waals surface area (Å²) in [7, 11) is 2.99. The van der Waals surface area contributed by atoms with Crippen LogP contribution in [0.2, 0.25) is 0 Å². The summed E-state index contributed by atoms with van der Waals surface area (Å²) in [5.74, 6) is -1.80. The van der Waals surface area contributed by atoms with Crippen LogP contribution in [0.5, 0.6) is 0 Å². The zero-order valence-electron chi connectivity index (χ0n) is 26.9. The minimum Gasteiger partial charge on any atom is -0.469 e. The van der Waals surface area contributed by atoms with Crippen molar-refractivity contribution in [3.63, 3.8) is 0 Å². The number of halogens is 3. The molecular weight excluding hydrogens is 627 g/mol. The molecule has 1 unspecified atom stereocenters. The number of alkyl halides is 3. The number of nitrogens with zero attached hydrogens (tertiary/aromatic N) is 4. The highest BCUT2D eigenvalue weighted by Gasteiger charge is 2.33. The topological polar surface area (TPSA) is 141 Å². The lowest BCUT2D eigenvalue weighted by atomic mass is 9.82. The lowest BCUT2D eigenvalue weighted by molar-refractivity contribution is -0.149. The Labute approximate surface area is 270 Å². The quantitative estimate of drug-likeness (QED) is 0.255. The predicted octanol–water partition coefficient (Wildman–Crippen LogP) is 5.16. The number of methoxy groups -OCH3 is 1. The van der Waals surface area contributed by atoms with Crippen LogP contribution in [-0.2, 0) is 36.5 Å². The van der Waals surface area contributed by atoms with Gasteiger partial charge in [-0.15, -0.1) is 11.3 Å². The number of aromatic nitrogens is 3. The molecule has 2 aromatic rings. The molecule has 2 aromatic heterocycles. The molecule has 0 radical (unpaired) electrons. The van der Waals surface area contributed by atoms with Crippen LogP contribution < -0.4 is 5.32 Å². The average molecular weight is 670 g/mol. The molecule has 3 rings (SSSR count). The lowest BCUT2D eigenvalue weighted by Crippen LogP contribution is -2.42. The van der Waals surface area contributed by atoms with Crippen LogP contribution in [0.25, 0.3) is 0 Å². The fraction of sp³-hybridized carbons (Fsp3) is 0.645. The van der Waals surface area contributed by atoms with Gasteiger partial charge >= 0.3 is 18.1 Å². The van der Waals surface area contributed by atoms with Crippen molar-refractivity contribution < 1.29 is 41.8 Å². The van der Waals surface area contributed by atoms with Crippen molar-refractivity contribution in [2.45, 2.75) is 97.0 Å². The van der Waals surface area contributed by atoms with Gasteiger partial charge in [-0.1, -0.05) is 27.2 Å². The van der Waals surface area contributed by atoms with Crippen LogP contribution in [0.1, 0.15) is 99.2 Å². The van der Waals surface area contributed by atoms with Crippen molar-refractivity contribution in [3.8, 4) is 0 Å². The van der Waals surface area contributed by atoms with E-state index in [0.717, 1.165) is 30.6 Å². The number of thiazole rings is 1. The molecule has 0 spiro atoms. The maximum atomic E-state index is 13.3. The van der Waals surface area contributed by atoms with Gasteiger partial charge in [0.25, 0.3) is 5.91 Å². The Morgan fingerprint density at radius 1 is 1.11 bits per heavy atom. The molecule has 46 heavy (non-hydrogen) atoms. The minimum absolute atomic E-state index is 0.0247. The van der Waals surface area contributed by atoms with E-state index in [1.165, 1.54) is 19.4 Å². The molecule has 0 aromatic carbocycles. The molecule has 0 bridgehead atoms. The average Bonchev–Trinajstić information content (AvgIpc) is 3.46. The van der Waals surface area contributed by atoms with Crippen LogP contribution in [0.15, 0.2) is 17.8 Å². The molecule has 15 heteroatoms. The van der Waals surface area contributed by atoms with E-state index < -0.39 is 47.6 Å². The molecular formula is C31H42F3N5O6S. The molecule has 4 atom stereocenters. The Morgan fingerprint density at radius 2 is 1.76 bits per heavy atom. The first-order valence-corrected chi connectivity index (χ1v) is 16.1. The number of ether oxygens (including phenoxy) is 2. The molecule has 11 nitrogen and oxygen atoms in total. The summed E-state index contributed by atoms with van der Waals surface area (Å²) in [5.41, 5.74) is -0.984. The standard InChI is InChI=1S/C31H42F3N5O6S/c1-17(2)24(39(5)27(41)11-20-8-7-9-20)13-25(45-19(4)40)29-38-23(16-46-29)28(42)37-22(10-18(3)30(43)44-6)12-26-35-14-21(15-36-26)31(32,33)34/h14-18,20,22,24-25H,7-13H2,1-6H3,(H,37,42)/t18-,22+,24?,25+/m0/s1. The van der Waals surface area contributed by atoms with Crippen LogP contribution in [0.3, 0.4) is 0 Å². The normalized spacial score (nSPS) is 16.1. The van der Waals surface area contributed by atoms with Gasteiger partial charge in [0.05, 0.1) is 18.6 Å². The third-order valence-electron chi connectivity index (χ3n) is 8.18. The zero-order valence-corrected chi connectivity index (χ0v) is 27.7. The summed E-state index contributed by atoms with van der Waals surface area (Å²) in [4.78, 5) is 64.3. The summed E-state index contributed by atoms with van der Waals surface area (Å²) in [6.07, 6.45) is -0.0706. The second kappa shape index (κ2) is 16.3. The highest BCUT2D eigenvalue weighted by atomic mass is 32.1. The van der Waals surface area contributed by atoms with E-state index in [1.54, 1.807) is 18.9 Å². The SMILES string of the molecule is COC(=O)[C@@H](C)C[C@H](Cc1ncc(C(F)(F)F)cn1)NC(=O)c1csc([C@@H](CC(C(C)C)N(C)C(=O)CC2CCC2)OC(C)=O)n1. The van der Waals surface area contributed by atoms with E-state index >= 15 is 0 Å². The smallest absolute Gasteiger partial charge is 0.419 e. The Bertz CT molecular complexity index is 1350. The fourth-order valence-corrected chi connectivity index (χ4v) is 6.15. The monoisotopic (exact) mass is 669 g/mol. The molecule has 2 amide bonds. The third kappa shape index (κ3) is 10.5. The van der Waals surface area contributed by atoms with Crippen LogP contribution in [-0.4, -0.2) is 69.8 Å². The van der Waals surface area contributed by atoms with Crippen molar-refractivity contribution >= 4 is 35.1 Å². The second-order valence-electron chi connectivity index (χ2n) is 12.1. The molecule has 0 aliphatic heterocycles. The van der Waals surface area contributed by atoms with Gasteiger partial charge in [-0.25, -0.2) is 15.0 Å². The van der Waals surface area contributed by atoms with Gasteiger partial charge in [-0.3, -0.25) is 19.2 Å². The van der Waals surface area contributed by atoms with Gasteiger partial charge in [-0.2, -0.15) is 13.2 Å². The molecule has 1 saturated carbocycles. The summed E-state index contributed by atoms with van der Waals surface area (Å²) in [5, 5.41) is 4.66. The maximum absolute atomic E-state index is 13.3. The van der Waals surface area contributed by atoms with Crippen molar-refractivity contribution in [1.29, 1.82) is 0 Å². The zero-order chi connectivity index (χ0) is 34.2. The fourth-order valence-electron chi connectivity index (χ4n) is 5.31. The van der Waals surface area contributed by atoms with Crippen molar-refractivity contribution in [3.05, 3.63) is 39.9 Å². The van der Waals surface area contributed by atoms with Crippen LogP contribution in [0, 0.1) is 17.8 Å². The number of nitrogens with one attached hydrogen (secondary N) is 1. The van der Waals surface area contributed by atoms with E-state index in [1.807, 2.05) is 13.8 Å². The molecule has 1 N–H and O–H groups in total. The van der Waals surface area contributed by atoms with Gasteiger partial charge in [0.15, 0.2) is 6.10 Å². The number of esters is 2. The van der Waals surface area contributed by atoms with E-state index in [0.29, 0.717) is 29.7 Å². The molecule has 1 aliphatic carbocycles. The highest BCUT2D eigenvalue weighted by molar-refractivity contribution is 7.09. The first-order valence-electron chi connectivity index (χ1n) is 15.2. The Kier molecular flexibility index (Phi) is 13.0. The lowest BCUT2D eigenvalue weighted by Gasteiger charge is -2.35. The summed E-state index contributed by atoms with van der Waals surface area (Å²) in [6, 6.07) is -1.01. The predicted molar refractivity (Wildman–Crippen MR) is 162 cm³/mol. The van der Waals surface area contributed by atoms with Crippen molar-refractivity contribution in [2.75, 3.05) is 14.2 Å². The summed E-state index contributed by atoms with van der Waals surface area (Å²) in [6.45, 7) is 6.85. The Hall–Kier alpha value is -3.62. The number of hydrogen-bond acceptors (Lipinski definition) is 10. The number of hydrogen-bond donors (Lipinski definition) is 1. The number of rotatable bonds is 15. The van der Waals surface area contributed by atoms with Crippen molar-refractivity contribution in [2.24, 2.45) is 17.8 Å². The summed E-state index contributed by atoms with van der Waals surface area (Å²) < 4.78 is 49.3. The van der Waals surface area contributed by atoms with Crippen molar-refractivity contribution in [1.82, 2.24) is 25.2 Å². The van der Waals surface area contributed by atoms with Gasteiger partial charge in [0.1, 0.15) is 16.5 Å². The van der Waals surface area contributed by atoms with E-state index in [-0.39, 0.29) is 48.6 Å². The molecule has 2 heterocycles. The molecule has 1 aliphatic rings. The van der Waals surface area contributed by atoms with E-state index in [2.05, 4.69) is 20.3 Å². The maximum Gasteiger partial charge on any atom is 0.419 e. The van der Waals surface area contributed by atoms with Gasteiger partial charge in [0, 0.05) is 63.1 Å². The molecule has 254 valence electrons. The first kappa shape index (κ1) is 36.8. The van der Waals surface area contributed by atoms with E-state index in [4.69, 9.17) is 9.47 Å². The van der Waals surface area contributed by atoms with Gasteiger partial charge in [0.2, 0.25) is 5.91 Å². The van der Waals surface area contributed by atoms with Crippen LogP contribution >= 0.6 is 11.3 Å². The minimum atomic E-state index is -4.60. The third-order valence-corrected chi connectivity index (χ3v) is 9.12. The molecule has 1 fully saturated rings. The number of amides is 2. The van der Waals surface area contributed by atoms with E-state index in [9.17, 15) is 32.3 Å². The van der Waals surface area contributed by atoms with Crippen LogP contribution in [0.4, 0.5) is 13.2 Å². The van der Waals surface area contributed by atoms with Gasteiger partial charge < -0.3 is 19.7 Å². The Balaban J connectivity index is 1.78. The first-order chi connectivity index (χ1) is 21.6. The highest BCUT2D eigenvalue weighted by Crippen LogP contribution is 2.33. The largest absolute Gasteiger partial charge is 0.469 e.